The van der Waals surface area contributed by atoms with Crippen LogP contribution in [0.5, 0.6) is 11.6 Å². The first-order valence-electron chi connectivity index (χ1n) is 4.64. The first-order valence-corrected chi connectivity index (χ1v) is 5.02. The number of aromatic carboxylic acids is 1. The van der Waals surface area contributed by atoms with Crippen molar-refractivity contribution in [3.05, 3.63) is 47.4 Å². The molecule has 1 heterocycles. The van der Waals surface area contributed by atoms with Gasteiger partial charge >= 0.3 is 5.97 Å². The predicted octanol–water partition coefficient (Wildman–Crippen LogP) is 2.62. The molecule has 17 heavy (non-hydrogen) atoms. The molecule has 1 aromatic heterocycles. The Balaban J connectivity index is 2.21. The molecule has 0 unspecified atom stereocenters. The summed E-state index contributed by atoms with van der Waals surface area (Å²) in [4.78, 5) is 18.1. The van der Waals surface area contributed by atoms with E-state index in [1.54, 1.807) is 24.3 Å². The van der Waals surface area contributed by atoms with Gasteiger partial charge in [-0.3, -0.25) is 0 Å². The average molecular weight is 251 g/mol. The van der Waals surface area contributed by atoms with Crippen molar-refractivity contribution in [3.8, 4) is 11.6 Å². The molecular weight excluding hydrogens is 244 g/mol. The molecule has 1 N–H and O–H groups in total. The van der Waals surface area contributed by atoms with Crippen LogP contribution in [0.15, 0.2) is 36.7 Å². The van der Waals surface area contributed by atoms with Gasteiger partial charge in [0.1, 0.15) is 12.1 Å². The van der Waals surface area contributed by atoms with Crippen LogP contribution in [0, 0.1) is 0 Å². The minimum absolute atomic E-state index is 0.121. The van der Waals surface area contributed by atoms with Crippen LogP contribution in [-0.2, 0) is 0 Å². The number of hydrogen-bond donors (Lipinski definition) is 1. The number of carboxylic acid groups (broad SMARTS) is 1. The summed E-state index contributed by atoms with van der Waals surface area (Å²) >= 11 is 5.72. The van der Waals surface area contributed by atoms with Gasteiger partial charge in [0.2, 0.25) is 5.88 Å². The maximum atomic E-state index is 10.7. The second kappa shape index (κ2) is 4.80. The lowest BCUT2D eigenvalue weighted by Gasteiger charge is -2.04. The number of ether oxygens (including phenoxy) is 1. The monoisotopic (exact) mass is 250 g/mol. The van der Waals surface area contributed by atoms with E-state index in [1.807, 2.05) is 0 Å². The third kappa shape index (κ3) is 2.92. The largest absolute Gasteiger partial charge is 0.477 e. The lowest BCUT2D eigenvalue weighted by molar-refractivity contribution is 0.0689. The lowest BCUT2D eigenvalue weighted by Crippen LogP contribution is -2.01. The van der Waals surface area contributed by atoms with Crippen molar-refractivity contribution in [3.63, 3.8) is 0 Å². The normalized spacial score (nSPS) is 9.94. The lowest BCUT2D eigenvalue weighted by atomic mass is 10.3. The molecule has 0 fully saturated rings. The molecule has 86 valence electrons. The van der Waals surface area contributed by atoms with E-state index in [1.165, 1.54) is 6.07 Å². The first kappa shape index (κ1) is 11.3. The van der Waals surface area contributed by atoms with E-state index < -0.39 is 5.97 Å². The van der Waals surface area contributed by atoms with E-state index in [-0.39, 0.29) is 11.6 Å². The van der Waals surface area contributed by atoms with Crippen molar-refractivity contribution in [2.45, 2.75) is 0 Å². The van der Waals surface area contributed by atoms with Crippen molar-refractivity contribution in [1.29, 1.82) is 0 Å². The molecular formula is C11H7ClN2O3. The highest BCUT2D eigenvalue weighted by Crippen LogP contribution is 2.21. The number of rotatable bonds is 3. The summed E-state index contributed by atoms with van der Waals surface area (Å²) in [5, 5.41) is 9.34. The van der Waals surface area contributed by atoms with E-state index >= 15 is 0 Å². The topological polar surface area (TPSA) is 72.3 Å². The second-order valence-electron chi connectivity index (χ2n) is 3.10. The van der Waals surface area contributed by atoms with Crippen LogP contribution in [0.25, 0.3) is 0 Å². The van der Waals surface area contributed by atoms with Crippen molar-refractivity contribution in [1.82, 2.24) is 9.97 Å². The van der Waals surface area contributed by atoms with E-state index in [4.69, 9.17) is 21.4 Å². The van der Waals surface area contributed by atoms with Crippen molar-refractivity contribution in [2.75, 3.05) is 0 Å². The zero-order valence-electron chi connectivity index (χ0n) is 8.50. The molecule has 0 atom stereocenters. The van der Waals surface area contributed by atoms with Gasteiger partial charge in [0, 0.05) is 11.1 Å². The van der Waals surface area contributed by atoms with Crippen LogP contribution in [-0.4, -0.2) is 21.0 Å². The molecule has 0 aliphatic rings. The number of halogens is 1. The standard InChI is InChI=1S/C11H7ClN2O3/c12-7-1-3-8(4-2-7)17-10-5-9(11(15)16)13-6-14-10/h1-6H,(H,15,16). The molecule has 6 heteroatoms. The molecule has 1 aromatic carbocycles. The Morgan fingerprint density at radius 3 is 2.59 bits per heavy atom. The fourth-order valence-corrected chi connectivity index (χ4v) is 1.26. The zero-order chi connectivity index (χ0) is 12.3. The molecule has 0 saturated heterocycles. The molecule has 0 bridgehead atoms. The number of carboxylic acids is 1. The third-order valence-electron chi connectivity index (χ3n) is 1.90. The van der Waals surface area contributed by atoms with E-state index in [9.17, 15) is 4.79 Å². The molecule has 0 amide bonds. The summed E-state index contributed by atoms with van der Waals surface area (Å²) in [7, 11) is 0. The van der Waals surface area contributed by atoms with Crippen molar-refractivity contribution in [2.24, 2.45) is 0 Å². The van der Waals surface area contributed by atoms with E-state index in [0.29, 0.717) is 10.8 Å². The molecule has 0 spiro atoms. The Labute approximate surface area is 102 Å². The van der Waals surface area contributed by atoms with E-state index in [0.717, 1.165) is 6.33 Å². The van der Waals surface area contributed by atoms with Crippen LogP contribution >= 0.6 is 11.6 Å². The highest BCUT2D eigenvalue weighted by Gasteiger charge is 2.07. The summed E-state index contributed by atoms with van der Waals surface area (Å²) in [6.45, 7) is 0. The van der Waals surface area contributed by atoms with Gasteiger partial charge in [0.25, 0.3) is 0 Å². The highest BCUT2D eigenvalue weighted by molar-refractivity contribution is 6.30. The molecule has 0 aliphatic carbocycles. The van der Waals surface area contributed by atoms with Gasteiger partial charge < -0.3 is 9.84 Å². The maximum absolute atomic E-state index is 10.7. The molecule has 0 radical (unpaired) electrons. The Bertz CT molecular complexity index is 543. The third-order valence-corrected chi connectivity index (χ3v) is 2.15. The molecule has 0 aliphatic heterocycles. The quantitative estimate of drug-likeness (QED) is 0.907. The van der Waals surface area contributed by atoms with Crippen LogP contribution in [0.1, 0.15) is 10.5 Å². The summed E-state index contributed by atoms with van der Waals surface area (Å²) < 4.78 is 5.35. The van der Waals surface area contributed by atoms with E-state index in [2.05, 4.69) is 9.97 Å². The molecule has 0 saturated carbocycles. The Kier molecular flexibility index (Phi) is 3.20. The highest BCUT2D eigenvalue weighted by atomic mass is 35.5. The maximum Gasteiger partial charge on any atom is 0.354 e. The SMILES string of the molecule is O=C(O)c1cc(Oc2ccc(Cl)cc2)ncn1. The average Bonchev–Trinajstić information content (AvgIpc) is 2.32. The molecule has 2 rings (SSSR count). The van der Waals surface area contributed by atoms with Crippen molar-refractivity contribution < 1.29 is 14.6 Å². The van der Waals surface area contributed by atoms with Crippen LogP contribution in [0.2, 0.25) is 5.02 Å². The van der Waals surface area contributed by atoms with Crippen molar-refractivity contribution >= 4 is 17.6 Å². The summed E-state index contributed by atoms with van der Waals surface area (Å²) in [5.74, 6) is -0.447. The van der Waals surface area contributed by atoms with Gasteiger partial charge in [-0.05, 0) is 24.3 Å². The van der Waals surface area contributed by atoms with Gasteiger partial charge in [-0.15, -0.1) is 0 Å². The number of hydrogen-bond acceptors (Lipinski definition) is 4. The summed E-state index contributed by atoms with van der Waals surface area (Å²) in [5.41, 5.74) is -0.121. The zero-order valence-corrected chi connectivity index (χ0v) is 9.26. The molecule has 2 aromatic rings. The Morgan fingerprint density at radius 1 is 1.24 bits per heavy atom. The van der Waals surface area contributed by atoms with Crippen LogP contribution < -0.4 is 4.74 Å². The Morgan fingerprint density at radius 2 is 1.94 bits per heavy atom. The number of nitrogens with zero attached hydrogens (tertiary/aromatic N) is 2. The Hall–Kier alpha value is -2.14. The van der Waals surface area contributed by atoms with Crippen LogP contribution in [0.3, 0.4) is 0 Å². The van der Waals surface area contributed by atoms with Gasteiger partial charge in [-0.1, -0.05) is 11.6 Å². The van der Waals surface area contributed by atoms with Gasteiger partial charge in [0.05, 0.1) is 0 Å². The minimum atomic E-state index is -1.13. The summed E-state index contributed by atoms with van der Waals surface area (Å²) in [6.07, 6.45) is 1.13. The fraction of sp³-hybridized carbons (Fsp3) is 0. The van der Waals surface area contributed by atoms with Gasteiger partial charge in [0.15, 0.2) is 5.69 Å². The van der Waals surface area contributed by atoms with Crippen LogP contribution in [0.4, 0.5) is 0 Å². The summed E-state index contributed by atoms with van der Waals surface area (Å²) in [6, 6.07) is 7.89. The number of carbonyl (C=O) groups is 1. The smallest absolute Gasteiger partial charge is 0.354 e. The number of aromatic nitrogens is 2. The first-order chi connectivity index (χ1) is 8.15. The fourth-order valence-electron chi connectivity index (χ4n) is 1.14. The number of benzene rings is 1. The second-order valence-corrected chi connectivity index (χ2v) is 3.54. The minimum Gasteiger partial charge on any atom is -0.477 e. The van der Waals surface area contributed by atoms with Gasteiger partial charge in [-0.2, -0.15) is 0 Å². The molecule has 5 nitrogen and oxygen atoms in total. The predicted molar refractivity (Wildman–Crippen MR) is 60.5 cm³/mol. The van der Waals surface area contributed by atoms with Gasteiger partial charge in [-0.25, -0.2) is 14.8 Å².